The van der Waals surface area contributed by atoms with E-state index < -0.39 is 73.3 Å². The monoisotopic (exact) mass is 774 g/mol. The minimum absolute atomic E-state index is 0.0966. The number of hydrogen-bond donors (Lipinski definition) is 5. The Morgan fingerprint density at radius 2 is 1.58 bits per heavy atom. The normalized spacial score (nSPS) is 14.7. The van der Waals surface area contributed by atoms with Crippen molar-refractivity contribution in [1.29, 1.82) is 0 Å². The third-order valence-electron chi connectivity index (χ3n) is 7.15. The van der Waals surface area contributed by atoms with Crippen molar-refractivity contribution in [3.63, 3.8) is 0 Å². The van der Waals surface area contributed by atoms with E-state index >= 15 is 0 Å². The highest BCUT2D eigenvalue weighted by Crippen LogP contribution is 2.31. The second-order valence-corrected chi connectivity index (χ2v) is 15.8. The Kier molecular flexibility index (Phi) is 17.0. The van der Waals surface area contributed by atoms with Crippen LogP contribution in [0.4, 0.5) is 0 Å². The van der Waals surface area contributed by atoms with Crippen molar-refractivity contribution < 1.29 is 70.1 Å². The van der Waals surface area contributed by atoms with Gasteiger partial charge in [0.05, 0.1) is 40.8 Å². The summed E-state index contributed by atoms with van der Waals surface area (Å²) in [5.41, 5.74) is 13.6. The molecule has 1 aromatic carbocycles. The summed E-state index contributed by atoms with van der Waals surface area (Å²) in [7, 11) is -10.2. The zero-order chi connectivity index (χ0) is 38.7. The van der Waals surface area contributed by atoms with Gasteiger partial charge in [-0.3, -0.25) is 29.7 Å². The van der Waals surface area contributed by atoms with E-state index in [0.717, 1.165) is 36.6 Å². The lowest BCUT2D eigenvalue weighted by Crippen LogP contribution is -2.51. The number of likely N-dealkylation sites (N-methyl/N-ethyl adjacent to an activating group) is 1. The van der Waals surface area contributed by atoms with Crippen LogP contribution in [0.3, 0.4) is 0 Å². The molecule has 0 radical (unpaired) electrons. The highest BCUT2D eigenvalue weighted by Gasteiger charge is 2.37. The average molecular weight is 775 g/mol. The van der Waals surface area contributed by atoms with E-state index in [2.05, 4.69) is 14.4 Å². The molecule has 3 unspecified atom stereocenters. The van der Waals surface area contributed by atoms with Crippen LogP contribution in [-0.2, 0) is 55.7 Å². The lowest BCUT2D eigenvalue weighted by molar-refractivity contribution is -0.887. The van der Waals surface area contributed by atoms with E-state index in [0.29, 0.717) is 19.5 Å². The van der Waals surface area contributed by atoms with E-state index in [9.17, 15) is 34.6 Å². The van der Waals surface area contributed by atoms with Crippen LogP contribution in [0.5, 0.6) is 5.75 Å². The van der Waals surface area contributed by atoms with E-state index in [-0.39, 0.29) is 22.4 Å². The van der Waals surface area contributed by atoms with Gasteiger partial charge in [0.1, 0.15) is 12.2 Å². The molecule has 0 aromatic heterocycles. The smallest absolute Gasteiger partial charge is 0.446 e. The highest BCUT2D eigenvalue weighted by molar-refractivity contribution is 7.81. The Morgan fingerprint density at radius 3 is 2.08 bits per heavy atom. The van der Waals surface area contributed by atoms with Crippen molar-refractivity contribution in [2.45, 2.75) is 78.2 Å². The van der Waals surface area contributed by atoms with Gasteiger partial charge in [-0.2, -0.15) is 25.3 Å². The molecule has 0 bridgehead atoms. The van der Waals surface area contributed by atoms with Crippen molar-refractivity contribution in [1.82, 2.24) is 0 Å². The molecule has 21 heteroatoms. The van der Waals surface area contributed by atoms with Gasteiger partial charge in [0.15, 0.2) is 11.8 Å². The molecule has 18 nitrogen and oxygen atoms in total. The Balaban J connectivity index is 3.28. The molecule has 0 saturated heterocycles. The van der Waals surface area contributed by atoms with Crippen molar-refractivity contribution >= 4 is 43.1 Å². The summed E-state index contributed by atoms with van der Waals surface area (Å²) < 4.78 is 117. The molecule has 0 aliphatic rings. The van der Waals surface area contributed by atoms with Gasteiger partial charge < -0.3 is 13.4 Å². The lowest BCUT2D eigenvalue weighted by Gasteiger charge is -2.34. The van der Waals surface area contributed by atoms with E-state index in [4.69, 9.17) is 29.5 Å². The number of quaternary nitrogens is 1. The first-order valence-electron chi connectivity index (χ1n) is 15.2. The first-order chi connectivity index (χ1) is 22.7. The summed E-state index contributed by atoms with van der Waals surface area (Å²) in [6, 6.07) is 2.05. The van der Waals surface area contributed by atoms with Crippen molar-refractivity contribution in [2.75, 3.05) is 34.2 Å². The van der Waals surface area contributed by atoms with Crippen molar-refractivity contribution in [2.24, 2.45) is 11.5 Å². The molecular weight excluding hydrogens is 725 g/mol. The Morgan fingerprint density at radius 1 is 0.960 bits per heavy atom. The molecule has 1 aromatic rings. The van der Waals surface area contributed by atoms with Crippen LogP contribution in [0, 0.1) is 0 Å². The predicted molar refractivity (Wildman–Crippen MR) is 183 cm³/mol. The summed E-state index contributed by atoms with van der Waals surface area (Å²) in [6.45, 7) is 7.15. The number of ether oxygens (including phenoxy) is 1. The summed E-state index contributed by atoms with van der Waals surface area (Å²) in [5, 5.41) is 0. The number of guanidine groups is 1. The van der Waals surface area contributed by atoms with Crippen LogP contribution in [0.1, 0.15) is 70.6 Å². The van der Waals surface area contributed by atoms with E-state index in [1.807, 2.05) is 26.8 Å². The van der Waals surface area contributed by atoms with Crippen molar-refractivity contribution in [3.8, 4) is 5.75 Å². The Labute approximate surface area is 294 Å². The first-order valence-corrected chi connectivity index (χ1v) is 19.3. The molecular formula is C29H50N4O14S3+2. The molecule has 0 fully saturated rings. The topological polar surface area (TPSA) is 272 Å². The largest absolute Gasteiger partial charge is 0.455 e. The number of allylic oxidation sites excluding steroid dienone is 3. The number of nitrogens with zero attached hydrogens (tertiary/aromatic N) is 2. The summed E-state index contributed by atoms with van der Waals surface area (Å²) in [6.07, 6.45) is 3.48. The van der Waals surface area contributed by atoms with Gasteiger partial charge in [0.25, 0.3) is 0 Å². The van der Waals surface area contributed by atoms with Crippen LogP contribution >= 0.6 is 0 Å². The molecule has 0 aliphatic carbocycles. The maximum atomic E-state index is 13.5. The Hall–Kier alpha value is -3.15. The first kappa shape index (κ1) is 44.9. The highest BCUT2D eigenvalue weighted by atomic mass is 32.3. The SMILES string of the molecule is CC(C)=CCC/C(C)=C/C[N+](CCCC(C(=O)OC(C)C(OS(=O)(=O)O)c1ccc(OS(=O)(=O)O)c(COS(=O)(=O)O)c1)[N+](C)(C)C)=C(N)N. The summed E-state index contributed by atoms with van der Waals surface area (Å²) in [5.74, 6) is -1.32. The number of esters is 1. The van der Waals surface area contributed by atoms with Gasteiger partial charge in [-0.1, -0.05) is 29.4 Å². The third-order valence-corrected chi connectivity index (χ3v) is 8.41. The number of rotatable bonds is 21. The fourth-order valence-electron chi connectivity index (χ4n) is 4.66. The van der Waals surface area contributed by atoms with Gasteiger partial charge in [-0.15, -0.1) is 0 Å². The van der Waals surface area contributed by atoms with E-state index in [1.165, 1.54) is 12.5 Å². The maximum absolute atomic E-state index is 13.5. The minimum atomic E-state index is -5.21. The molecule has 0 heterocycles. The zero-order valence-electron chi connectivity index (χ0n) is 29.2. The summed E-state index contributed by atoms with van der Waals surface area (Å²) >= 11 is 0. The number of nitrogens with two attached hydrogens (primary N) is 2. The molecule has 3 atom stereocenters. The number of carbonyl (C=O) groups is 1. The number of benzene rings is 1. The lowest BCUT2D eigenvalue weighted by atomic mass is 10.0. The van der Waals surface area contributed by atoms with E-state index in [1.54, 1.807) is 25.7 Å². The van der Waals surface area contributed by atoms with Crippen LogP contribution < -0.4 is 15.7 Å². The van der Waals surface area contributed by atoms with Crippen LogP contribution in [0.2, 0.25) is 0 Å². The fourth-order valence-corrected chi connectivity index (χ4v) is 5.86. The van der Waals surface area contributed by atoms with Crippen LogP contribution in [-0.4, -0.2) is 106 Å². The zero-order valence-corrected chi connectivity index (χ0v) is 31.6. The molecule has 0 saturated carbocycles. The second-order valence-electron chi connectivity index (χ2n) is 12.7. The van der Waals surface area contributed by atoms with Crippen LogP contribution in [0.15, 0.2) is 41.5 Å². The molecule has 50 heavy (non-hydrogen) atoms. The average Bonchev–Trinajstić information content (AvgIpc) is 2.92. The number of hydrogen-bond acceptors (Lipinski definition) is 11. The molecule has 286 valence electrons. The quantitative estimate of drug-likeness (QED) is 0.0227. The van der Waals surface area contributed by atoms with Gasteiger partial charge in [0.2, 0.25) is 0 Å². The van der Waals surface area contributed by atoms with Gasteiger partial charge >= 0.3 is 43.1 Å². The second kappa shape index (κ2) is 18.9. The standard InChI is InChI=1S/C29H48N4O14S3/c1-20(2)10-8-11-21(3)15-17-32(29(30)31)16-9-12-25(33(5,6)7)28(34)45-22(4)27(47-50(41,42)43)23-13-14-26(46-49(38,39)40)24(18-23)19-44-48(35,36)37/h10,13-15,18,22,25,27H,8-9,11-12,16-17,19H2,1-7H3,(H5-,30,31,35,36,37,38,39,40,41,42,43)/p+2/b21-15+. The third kappa shape index (κ3) is 18.2. The predicted octanol–water partition coefficient (Wildman–Crippen LogP) is 1.81. The molecule has 7 N–H and O–H groups in total. The Bertz CT molecular complexity index is 1740. The fraction of sp³-hybridized carbons (Fsp3) is 0.586. The van der Waals surface area contributed by atoms with Crippen LogP contribution in [0.25, 0.3) is 0 Å². The van der Waals surface area contributed by atoms with Crippen molar-refractivity contribution in [3.05, 3.63) is 52.6 Å². The van der Waals surface area contributed by atoms with Gasteiger partial charge in [-0.25, -0.2) is 13.2 Å². The molecule has 0 amide bonds. The summed E-state index contributed by atoms with van der Waals surface area (Å²) in [4.78, 5) is 13.5. The molecule has 0 spiro atoms. The molecule has 0 aliphatic heterocycles. The number of carbonyl (C=O) groups excluding carboxylic acids is 1. The molecule has 1 rings (SSSR count). The van der Waals surface area contributed by atoms with Gasteiger partial charge in [0, 0.05) is 12.0 Å². The minimum Gasteiger partial charge on any atom is -0.455 e. The van der Waals surface area contributed by atoms with Gasteiger partial charge in [-0.05, 0) is 64.7 Å². The maximum Gasteiger partial charge on any atom is 0.446 e.